The van der Waals surface area contributed by atoms with Crippen LogP contribution in [0.4, 0.5) is 0 Å². The number of aromatic nitrogens is 6. The third-order valence-corrected chi connectivity index (χ3v) is 7.52. The van der Waals surface area contributed by atoms with Crippen LogP contribution in [0.5, 0.6) is 5.75 Å². The Balaban J connectivity index is 1.72. The molecule has 0 saturated heterocycles. The SMILES string of the molecule is CCC(C)(C)n1nnnc1[C@@H](c1cc2ccc(C)cc2[nH]c1=O)N(Cc1ccc(OC)cc1)Cc1cccnc1. The number of tetrazole rings is 1. The normalized spacial score (nSPS) is 12.7. The third-order valence-electron chi connectivity index (χ3n) is 7.52. The summed E-state index contributed by atoms with van der Waals surface area (Å²) in [6, 6.07) is 19.4. The molecule has 3 aromatic heterocycles. The van der Waals surface area contributed by atoms with Gasteiger partial charge in [-0.25, -0.2) is 4.68 Å². The minimum Gasteiger partial charge on any atom is -0.497 e. The molecular formula is C31H35N7O2. The highest BCUT2D eigenvalue weighted by Crippen LogP contribution is 2.33. The second kappa shape index (κ2) is 11.4. The zero-order valence-corrected chi connectivity index (χ0v) is 23.6. The van der Waals surface area contributed by atoms with Crippen molar-refractivity contribution in [2.24, 2.45) is 0 Å². The van der Waals surface area contributed by atoms with Crippen molar-refractivity contribution in [2.75, 3.05) is 7.11 Å². The van der Waals surface area contributed by atoms with E-state index in [0.717, 1.165) is 39.8 Å². The molecule has 0 saturated carbocycles. The quantitative estimate of drug-likeness (QED) is 0.262. The predicted octanol–water partition coefficient (Wildman–Crippen LogP) is 5.16. The number of methoxy groups -OCH3 is 1. The molecule has 0 aliphatic rings. The Kier molecular flexibility index (Phi) is 7.75. The van der Waals surface area contributed by atoms with Crippen molar-refractivity contribution in [3.8, 4) is 5.75 Å². The molecule has 0 unspecified atom stereocenters. The summed E-state index contributed by atoms with van der Waals surface area (Å²) in [5.74, 6) is 1.40. The molecule has 40 heavy (non-hydrogen) atoms. The van der Waals surface area contributed by atoms with E-state index in [1.807, 2.05) is 72.4 Å². The van der Waals surface area contributed by atoms with E-state index in [1.165, 1.54) is 0 Å². The van der Waals surface area contributed by atoms with Crippen LogP contribution in [0.15, 0.2) is 77.9 Å². The monoisotopic (exact) mass is 537 g/mol. The second-order valence-electron chi connectivity index (χ2n) is 10.8. The summed E-state index contributed by atoms with van der Waals surface area (Å²) in [5, 5.41) is 14.0. The highest BCUT2D eigenvalue weighted by molar-refractivity contribution is 5.79. The maximum Gasteiger partial charge on any atom is 0.253 e. The molecule has 0 aliphatic carbocycles. The second-order valence-corrected chi connectivity index (χ2v) is 10.8. The van der Waals surface area contributed by atoms with Crippen LogP contribution in [0.1, 0.15) is 61.3 Å². The Hall–Kier alpha value is -4.37. The maximum atomic E-state index is 13.8. The highest BCUT2D eigenvalue weighted by atomic mass is 16.5. The van der Waals surface area contributed by atoms with Crippen LogP contribution in [0.2, 0.25) is 0 Å². The standard InChI is InChI=1S/C31H35N7O2/c1-6-31(3,4)38-29(34-35-36-38)28(26-17-24-12-9-21(2)16-27(24)33-30(26)39)37(20-23-8-7-15-32-18-23)19-22-10-13-25(40-5)14-11-22/h7-18,28H,6,19-20H2,1-5H3,(H,33,39)/t28-/m1/s1. The zero-order valence-electron chi connectivity index (χ0n) is 23.6. The molecule has 0 radical (unpaired) electrons. The molecule has 0 amide bonds. The van der Waals surface area contributed by atoms with Gasteiger partial charge in [0.05, 0.1) is 12.6 Å². The lowest BCUT2D eigenvalue weighted by Crippen LogP contribution is -2.38. The van der Waals surface area contributed by atoms with E-state index in [2.05, 4.69) is 57.2 Å². The lowest BCUT2D eigenvalue weighted by atomic mass is 9.98. The first-order valence-electron chi connectivity index (χ1n) is 13.5. The highest BCUT2D eigenvalue weighted by Gasteiger charge is 2.34. The van der Waals surface area contributed by atoms with Gasteiger partial charge in [-0.3, -0.25) is 14.7 Å². The van der Waals surface area contributed by atoms with Gasteiger partial charge in [0.25, 0.3) is 5.56 Å². The van der Waals surface area contributed by atoms with Gasteiger partial charge in [-0.15, -0.1) is 5.10 Å². The van der Waals surface area contributed by atoms with Crippen molar-refractivity contribution >= 4 is 10.9 Å². The first-order valence-corrected chi connectivity index (χ1v) is 13.5. The van der Waals surface area contributed by atoms with Crippen LogP contribution in [0, 0.1) is 6.92 Å². The smallest absolute Gasteiger partial charge is 0.253 e. The molecule has 5 rings (SSSR count). The number of benzene rings is 2. The van der Waals surface area contributed by atoms with Crippen molar-refractivity contribution in [3.05, 3.63) is 111 Å². The van der Waals surface area contributed by atoms with E-state index >= 15 is 0 Å². The zero-order chi connectivity index (χ0) is 28.3. The van der Waals surface area contributed by atoms with E-state index < -0.39 is 6.04 Å². The van der Waals surface area contributed by atoms with Crippen molar-refractivity contribution in [1.29, 1.82) is 0 Å². The van der Waals surface area contributed by atoms with Gasteiger partial charge in [-0.2, -0.15) is 0 Å². The maximum absolute atomic E-state index is 13.8. The number of hydrogen-bond acceptors (Lipinski definition) is 7. The van der Waals surface area contributed by atoms with Crippen molar-refractivity contribution < 1.29 is 4.74 Å². The molecule has 0 aliphatic heterocycles. The van der Waals surface area contributed by atoms with E-state index in [1.54, 1.807) is 13.3 Å². The molecule has 9 nitrogen and oxygen atoms in total. The van der Waals surface area contributed by atoms with Gasteiger partial charge in [0.2, 0.25) is 0 Å². The Morgan fingerprint density at radius 1 is 1.05 bits per heavy atom. The molecule has 206 valence electrons. The van der Waals surface area contributed by atoms with Crippen molar-refractivity contribution in [3.63, 3.8) is 0 Å². The number of hydrogen-bond donors (Lipinski definition) is 1. The van der Waals surface area contributed by atoms with Gasteiger partial charge in [0, 0.05) is 36.6 Å². The molecule has 1 atom stereocenters. The minimum absolute atomic E-state index is 0.169. The number of fused-ring (bicyclic) bond motifs is 1. The van der Waals surface area contributed by atoms with Crippen LogP contribution < -0.4 is 10.3 Å². The minimum atomic E-state index is -0.544. The van der Waals surface area contributed by atoms with Gasteiger partial charge in [-0.05, 0) is 90.0 Å². The number of H-pyrrole nitrogens is 1. The van der Waals surface area contributed by atoms with E-state index in [0.29, 0.717) is 24.5 Å². The average Bonchev–Trinajstić information content (AvgIpc) is 3.45. The molecule has 3 heterocycles. The number of aromatic amines is 1. The summed E-state index contributed by atoms with van der Waals surface area (Å²) in [6.07, 6.45) is 4.42. The molecule has 0 fully saturated rings. The van der Waals surface area contributed by atoms with Crippen LogP contribution in [-0.2, 0) is 18.6 Å². The summed E-state index contributed by atoms with van der Waals surface area (Å²) in [6.45, 7) is 9.39. The number of nitrogens with zero attached hydrogens (tertiary/aromatic N) is 6. The largest absolute Gasteiger partial charge is 0.497 e. The molecule has 2 aromatic carbocycles. The van der Waals surface area contributed by atoms with E-state index in [9.17, 15) is 4.79 Å². The number of aryl methyl sites for hydroxylation is 1. The van der Waals surface area contributed by atoms with Crippen LogP contribution >= 0.6 is 0 Å². The lowest BCUT2D eigenvalue weighted by molar-refractivity contribution is 0.180. The van der Waals surface area contributed by atoms with Crippen LogP contribution in [-0.4, -0.2) is 42.2 Å². The summed E-state index contributed by atoms with van der Waals surface area (Å²) in [5.41, 5.74) is 4.01. The predicted molar refractivity (Wildman–Crippen MR) is 155 cm³/mol. The Morgan fingerprint density at radius 3 is 2.52 bits per heavy atom. The third kappa shape index (κ3) is 5.65. The molecule has 1 N–H and O–H groups in total. The fraction of sp³-hybridized carbons (Fsp3) is 0.323. The van der Waals surface area contributed by atoms with Gasteiger partial charge in [0.15, 0.2) is 5.82 Å². The van der Waals surface area contributed by atoms with Gasteiger partial charge in [0.1, 0.15) is 11.8 Å². The molecule has 0 spiro atoms. The summed E-state index contributed by atoms with van der Waals surface area (Å²) < 4.78 is 7.24. The summed E-state index contributed by atoms with van der Waals surface area (Å²) in [4.78, 5) is 23.5. The van der Waals surface area contributed by atoms with Gasteiger partial charge >= 0.3 is 0 Å². The number of rotatable bonds is 10. The summed E-state index contributed by atoms with van der Waals surface area (Å²) in [7, 11) is 1.66. The van der Waals surface area contributed by atoms with Crippen molar-refractivity contribution in [1.82, 2.24) is 35.1 Å². The molecular weight excluding hydrogens is 502 g/mol. The first kappa shape index (κ1) is 27.2. The lowest BCUT2D eigenvalue weighted by Gasteiger charge is -2.33. The number of ether oxygens (including phenoxy) is 1. The molecule has 5 aromatic rings. The summed E-state index contributed by atoms with van der Waals surface area (Å²) >= 11 is 0. The van der Waals surface area contributed by atoms with Gasteiger partial charge < -0.3 is 9.72 Å². The Bertz CT molecular complexity index is 1640. The van der Waals surface area contributed by atoms with Gasteiger partial charge in [-0.1, -0.05) is 37.3 Å². The van der Waals surface area contributed by atoms with E-state index in [-0.39, 0.29) is 11.1 Å². The average molecular weight is 538 g/mol. The number of pyridine rings is 2. The van der Waals surface area contributed by atoms with Crippen LogP contribution in [0.3, 0.4) is 0 Å². The Morgan fingerprint density at radius 2 is 1.82 bits per heavy atom. The number of nitrogens with one attached hydrogen (secondary N) is 1. The van der Waals surface area contributed by atoms with Crippen LogP contribution in [0.25, 0.3) is 10.9 Å². The van der Waals surface area contributed by atoms with E-state index in [4.69, 9.17) is 4.74 Å². The first-order chi connectivity index (χ1) is 19.3. The Labute approximate surface area is 233 Å². The fourth-order valence-corrected chi connectivity index (χ4v) is 4.91. The molecule has 9 heteroatoms. The molecule has 0 bridgehead atoms. The fourth-order valence-electron chi connectivity index (χ4n) is 4.91. The topological polar surface area (TPSA) is 102 Å². The van der Waals surface area contributed by atoms with Crippen molar-refractivity contribution in [2.45, 2.75) is 58.8 Å².